The Kier molecular flexibility index (Phi) is 4.71. The van der Waals surface area contributed by atoms with E-state index in [1.165, 1.54) is 11.1 Å². The van der Waals surface area contributed by atoms with Crippen LogP contribution in [0, 0.1) is 11.3 Å². The molecule has 0 saturated heterocycles. The molecular formula is C25H24N8O. The van der Waals surface area contributed by atoms with E-state index in [-0.39, 0.29) is 5.56 Å². The van der Waals surface area contributed by atoms with Crippen LogP contribution in [-0.4, -0.2) is 30.9 Å². The maximum absolute atomic E-state index is 13.1. The van der Waals surface area contributed by atoms with Gasteiger partial charge in [0, 0.05) is 25.0 Å². The maximum atomic E-state index is 13.1. The van der Waals surface area contributed by atoms with Gasteiger partial charge in [0.15, 0.2) is 11.5 Å². The molecule has 1 fully saturated rings. The lowest BCUT2D eigenvalue weighted by Crippen LogP contribution is -2.23. The highest BCUT2D eigenvalue weighted by atomic mass is 16.1. The van der Waals surface area contributed by atoms with Crippen molar-refractivity contribution in [3.05, 3.63) is 69.8 Å². The smallest absolute Gasteiger partial charge is 0.278 e. The Morgan fingerprint density at radius 1 is 1.21 bits per heavy atom. The number of fused-ring (bicyclic) bond motifs is 2. The molecule has 0 unspecified atom stereocenters. The SMILES string of the molecule is CCn1c(=O)c2cnc(Nc3ccc4c(c3)CNCC4)nc2n1-c1cccc(C2(C#N)CC2)n1. The lowest BCUT2D eigenvalue weighted by Gasteiger charge is -2.18. The summed E-state index contributed by atoms with van der Waals surface area (Å²) < 4.78 is 3.34. The number of benzene rings is 1. The van der Waals surface area contributed by atoms with Crippen molar-refractivity contribution in [2.24, 2.45) is 0 Å². The summed E-state index contributed by atoms with van der Waals surface area (Å²) in [5.41, 5.74) is 4.05. The fourth-order valence-electron chi connectivity index (χ4n) is 4.65. The molecule has 0 spiro atoms. The molecule has 1 saturated carbocycles. The molecule has 1 aromatic carbocycles. The molecule has 170 valence electrons. The van der Waals surface area contributed by atoms with Gasteiger partial charge in [0.1, 0.15) is 5.39 Å². The molecule has 0 radical (unpaired) electrons. The lowest BCUT2D eigenvalue weighted by atomic mass is 10.0. The zero-order chi connectivity index (χ0) is 23.3. The Morgan fingerprint density at radius 3 is 2.88 bits per heavy atom. The number of anilines is 2. The number of rotatable bonds is 5. The van der Waals surface area contributed by atoms with Crippen LogP contribution in [0.1, 0.15) is 36.6 Å². The van der Waals surface area contributed by atoms with Crippen LogP contribution in [0.3, 0.4) is 0 Å². The highest BCUT2D eigenvalue weighted by molar-refractivity contribution is 5.77. The average Bonchev–Trinajstić information content (AvgIpc) is 3.63. The van der Waals surface area contributed by atoms with Gasteiger partial charge in [-0.15, -0.1) is 0 Å². The third-order valence-electron chi connectivity index (χ3n) is 6.73. The molecular weight excluding hydrogens is 428 g/mol. The van der Waals surface area contributed by atoms with Crippen molar-refractivity contribution in [1.29, 1.82) is 5.26 Å². The van der Waals surface area contributed by atoms with Crippen molar-refractivity contribution in [2.45, 2.75) is 44.7 Å². The quantitative estimate of drug-likeness (QED) is 0.479. The van der Waals surface area contributed by atoms with Crippen LogP contribution in [0.5, 0.6) is 0 Å². The average molecular weight is 453 g/mol. The first-order chi connectivity index (χ1) is 16.6. The van der Waals surface area contributed by atoms with Crippen LogP contribution >= 0.6 is 0 Å². The molecule has 0 atom stereocenters. The van der Waals surface area contributed by atoms with E-state index in [1.54, 1.807) is 15.6 Å². The van der Waals surface area contributed by atoms with Gasteiger partial charge in [0.05, 0.1) is 17.2 Å². The third kappa shape index (κ3) is 3.26. The molecule has 2 N–H and O–H groups in total. The summed E-state index contributed by atoms with van der Waals surface area (Å²) in [6.45, 7) is 4.20. The molecule has 1 aliphatic carbocycles. The van der Waals surface area contributed by atoms with E-state index < -0.39 is 5.41 Å². The standard InChI is InChI=1S/C25H24N8O/c1-2-32-23(34)19-14-28-24(29-18-7-6-16-8-11-27-13-17(16)12-18)31-22(19)33(32)21-5-3-4-20(30-21)25(15-26)9-10-25/h3-7,12,14,27H,2,8-11,13H2,1H3,(H,28,29,31). The van der Waals surface area contributed by atoms with Gasteiger partial charge >= 0.3 is 0 Å². The predicted octanol–water partition coefficient (Wildman–Crippen LogP) is 2.94. The number of hydrogen-bond acceptors (Lipinski definition) is 7. The van der Waals surface area contributed by atoms with Crippen molar-refractivity contribution in [3.8, 4) is 11.9 Å². The van der Waals surface area contributed by atoms with Crippen molar-refractivity contribution in [3.63, 3.8) is 0 Å². The molecule has 0 bridgehead atoms. The molecule has 0 amide bonds. The van der Waals surface area contributed by atoms with Crippen LogP contribution in [0.15, 0.2) is 47.4 Å². The topological polar surface area (TPSA) is 113 Å². The fraction of sp³-hybridized carbons (Fsp3) is 0.320. The van der Waals surface area contributed by atoms with Gasteiger partial charge < -0.3 is 10.6 Å². The van der Waals surface area contributed by atoms with Crippen LogP contribution < -0.4 is 16.2 Å². The van der Waals surface area contributed by atoms with Crippen molar-refractivity contribution >= 4 is 22.7 Å². The van der Waals surface area contributed by atoms with E-state index >= 15 is 0 Å². The fourth-order valence-corrected chi connectivity index (χ4v) is 4.65. The Balaban J connectivity index is 1.44. The minimum absolute atomic E-state index is 0.169. The lowest BCUT2D eigenvalue weighted by molar-refractivity contribution is 0.566. The summed E-state index contributed by atoms with van der Waals surface area (Å²) in [5.74, 6) is 0.975. The summed E-state index contributed by atoms with van der Waals surface area (Å²) in [7, 11) is 0. The number of nitrogens with one attached hydrogen (secondary N) is 2. The summed E-state index contributed by atoms with van der Waals surface area (Å²) >= 11 is 0. The minimum atomic E-state index is -0.515. The first kappa shape index (κ1) is 20.6. The van der Waals surface area contributed by atoms with Crippen molar-refractivity contribution in [1.82, 2.24) is 29.6 Å². The second-order valence-electron chi connectivity index (χ2n) is 8.87. The van der Waals surface area contributed by atoms with Crippen LogP contribution in [0.2, 0.25) is 0 Å². The highest BCUT2D eigenvalue weighted by Gasteiger charge is 2.46. The van der Waals surface area contributed by atoms with Gasteiger partial charge in [-0.1, -0.05) is 12.1 Å². The van der Waals surface area contributed by atoms with E-state index in [1.807, 2.05) is 31.2 Å². The summed E-state index contributed by atoms with van der Waals surface area (Å²) in [5, 5.41) is 16.7. The molecule has 1 aliphatic heterocycles. The Bertz CT molecular complexity index is 1520. The number of hydrogen-bond donors (Lipinski definition) is 2. The first-order valence-corrected chi connectivity index (χ1v) is 11.6. The zero-order valence-corrected chi connectivity index (χ0v) is 18.9. The van der Waals surface area contributed by atoms with Crippen molar-refractivity contribution < 1.29 is 0 Å². The maximum Gasteiger partial charge on any atom is 0.278 e. The molecule has 4 heterocycles. The van der Waals surface area contributed by atoms with Crippen molar-refractivity contribution in [2.75, 3.05) is 11.9 Å². The predicted molar refractivity (Wildman–Crippen MR) is 128 cm³/mol. The van der Waals surface area contributed by atoms with Gasteiger partial charge in [-0.2, -0.15) is 10.2 Å². The second-order valence-corrected chi connectivity index (χ2v) is 8.87. The highest BCUT2D eigenvalue weighted by Crippen LogP contribution is 2.46. The van der Waals surface area contributed by atoms with Gasteiger partial charge in [0.25, 0.3) is 5.56 Å². The molecule has 9 nitrogen and oxygen atoms in total. The molecule has 6 rings (SSSR count). The number of pyridine rings is 1. The Hall–Kier alpha value is -4.03. The minimum Gasteiger partial charge on any atom is -0.324 e. The number of nitrogens with zero attached hydrogens (tertiary/aromatic N) is 6. The summed E-state index contributed by atoms with van der Waals surface area (Å²) in [6, 6.07) is 14.3. The molecule has 4 aromatic rings. The van der Waals surface area contributed by atoms with Gasteiger partial charge in [0.2, 0.25) is 5.95 Å². The molecule has 34 heavy (non-hydrogen) atoms. The molecule has 2 aliphatic rings. The van der Waals surface area contributed by atoms with Gasteiger partial charge in [-0.05, 0) is 68.1 Å². The molecule has 9 heteroatoms. The summed E-state index contributed by atoms with van der Waals surface area (Å²) in [6.07, 6.45) is 4.20. The van der Waals surface area contributed by atoms with E-state index in [2.05, 4.69) is 33.8 Å². The third-order valence-corrected chi connectivity index (χ3v) is 6.73. The van der Waals surface area contributed by atoms with E-state index in [4.69, 9.17) is 9.97 Å². The second kappa shape index (κ2) is 7.78. The van der Waals surface area contributed by atoms with Gasteiger partial charge in [-0.3, -0.25) is 4.79 Å². The van der Waals surface area contributed by atoms with Crippen LogP contribution in [0.4, 0.5) is 11.6 Å². The summed E-state index contributed by atoms with van der Waals surface area (Å²) in [4.78, 5) is 27.0. The number of aromatic nitrogens is 5. The van der Waals surface area contributed by atoms with Gasteiger partial charge in [-0.25, -0.2) is 19.3 Å². The Labute approximate surface area is 196 Å². The Morgan fingerprint density at radius 2 is 2.09 bits per heavy atom. The monoisotopic (exact) mass is 452 g/mol. The van der Waals surface area contributed by atoms with Crippen LogP contribution in [-0.2, 0) is 24.9 Å². The normalized spacial score (nSPS) is 16.1. The van der Waals surface area contributed by atoms with Crippen LogP contribution in [0.25, 0.3) is 16.9 Å². The van der Waals surface area contributed by atoms with E-state index in [9.17, 15) is 10.1 Å². The molecule has 3 aromatic heterocycles. The van der Waals surface area contributed by atoms with E-state index in [0.717, 1.165) is 43.7 Å². The largest absolute Gasteiger partial charge is 0.324 e. The van der Waals surface area contributed by atoms with E-state index in [0.29, 0.717) is 29.3 Å². The zero-order valence-electron chi connectivity index (χ0n) is 18.9. The number of nitriles is 1. The first-order valence-electron chi connectivity index (χ1n) is 11.6.